The van der Waals surface area contributed by atoms with E-state index in [9.17, 15) is 0 Å². The molecular weight excluding hydrogens is 194 g/mol. The fraction of sp³-hybridized carbons (Fsp3) is 0.455. The smallest absolute Gasteiger partial charge is 0.119 e. The lowest BCUT2D eigenvalue weighted by molar-refractivity contribution is 0.325. The molecule has 2 nitrogen and oxygen atoms in total. The minimum atomic E-state index is 0.341. The van der Waals surface area contributed by atoms with E-state index in [1.54, 1.807) is 7.11 Å². The van der Waals surface area contributed by atoms with Gasteiger partial charge in [0.25, 0.3) is 0 Å². The Bertz CT molecular complexity index is 288. The first kappa shape index (κ1) is 11.4. The topological polar surface area (TPSA) is 12.5 Å². The van der Waals surface area contributed by atoms with Gasteiger partial charge >= 0.3 is 0 Å². The Morgan fingerprint density at radius 1 is 1.43 bits per heavy atom. The van der Waals surface area contributed by atoms with Crippen molar-refractivity contribution in [3.05, 3.63) is 29.8 Å². The number of ether oxygens (including phenoxy) is 1. The Hall–Kier alpha value is -0.670. The van der Waals surface area contributed by atoms with Crippen LogP contribution in [0.3, 0.4) is 0 Å². The zero-order chi connectivity index (χ0) is 10.6. The highest BCUT2D eigenvalue weighted by Crippen LogP contribution is 2.23. The molecule has 1 unspecified atom stereocenters. The number of hydrogen-bond acceptors (Lipinski definition) is 3. The third kappa shape index (κ3) is 2.66. The highest BCUT2D eigenvalue weighted by atomic mass is 32.1. The van der Waals surface area contributed by atoms with Crippen molar-refractivity contribution in [3.8, 4) is 5.75 Å². The number of methoxy groups -OCH3 is 1. The number of rotatable bonds is 4. The molecule has 0 spiro atoms. The van der Waals surface area contributed by atoms with Crippen LogP contribution in [0.5, 0.6) is 5.75 Å². The molecule has 0 amide bonds. The summed E-state index contributed by atoms with van der Waals surface area (Å²) < 4.78 is 5.19. The monoisotopic (exact) mass is 211 g/mol. The van der Waals surface area contributed by atoms with Crippen molar-refractivity contribution in [1.29, 1.82) is 0 Å². The Morgan fingerprint density at radius 2 is 2.14 bits per heavy atom. The van der Waals surface area contributed by atoms with Gasteiger partial charge in [0, 0.05) is 11.8 Å². The quantitative estimate of drug-likeness (QED) is 0.767. The van der Waals surface area contributed by atoms with Gasteiger partial charge in [-0.05, 0) is 31.8 Å². The maximum Gasteiger partial charge on any atom is 0.119 e. The van der Waals surface area contributed by atoms with Crippen molar-refractivity contribution in [2.24, 2.45) is 0 Å². The first-order valence-electron chi connectivity index (χ1n) is 4.60. The van der Waals surface area contributed by atoms with Crippen LogP contribution in [0.2, 0.25) is 0 Å². The zero-order valence-electron chi connectivity index (χ0n) is 8.90. The van der Waals surface area contributed by atoms with E-state index in [2.05, 4.69) is 43.8 Å². The third-order valence-electron chi connectivity index (χ3n) is 2.27. The summed E-state index contributed by atoms with van der Waals surface area (Å²) in [6.07, 6.45) is 0. The summed E-state index contributed by atoms with van der Waals surface area (Å²) in [5.74, 6) is 1.70. The fourth-order valence-corrected chi connectivity index (χ4v) is 1.95. The molecule has 1 rings (SSSR count). The highest BCUT2D eigenvalue weighted by Gasteiger charge is 2.12. The van der Waals surface area contributed by atoms with Crippen LogP contribution in [0, 0.1) is 0 Å². The summed E-state index contributed by atoms with van der Waals surface area (Å²) in [5.41, 5.74) is 1.24. The summed E-state index contributed by atoms with van der Waals surface area (Å²) >= 11 is 4.35. The molecule has 14 heavy (non-hydrogen) atoms. The Kier molecular flexibility index (Phi) is 4.29. The third-order valence-corrected chi connectivity index (χ3v) is 2.62. The lowest BCUT2D eigenvalue weighted by Gasteiger charge is -2.23. The molecule has 0 saturated heterocycles. The minimum Gasteiger partial charge on any atom is -0.497 e. The van der Waals surface area contributed by atoms with Crippen LogP contribution >= 0.6 is 12.6 Å². The van der Waals surface area contributed by atoms with Crippen LogP contribution in [-0.4, -0.2) is 31.9 Å². The normalized spacial score (nSPS) is 12.9. The van der Waals surface area contributed by atoms with Gasteiger partial charge in [-0.25, -0.2) is 0 Å². The SMILES string of the molecule is COc1cccc(C(CS)N(C)C)c1. The Morgan fingerprint density at radius 3 is 2.64 bits per heavy atom. The molecular formula is C11H17NOS. The molecule has 78 valence electrons. The molecule has 3 heteroatoms. The van der Waals surface area contributed by atoms with Gasteiger partial charge in [-0.1, -0.05) is 12.1 Å². The Balaban J connectivity index is 2.92. The predicted octanol–water partition coefficient (Wildman–Crippen LogP) is 2.23. The molecule has 0 aromatic heterocycles. The van der Waals surface area contributed by atoms with E-state index in [-0.39, 0.29) is 0 Å². The molecule has 0 bridgehead atoms. The van der Waals surface area contributed by atoms with Crippen molar-refractivity contribution in [2.45, 2.75) is 6.04 Å². The molecule has 0 saturated carbocycles. The van der Waals surface area contributed by atoms with E-state index in [1.807, 2.05) is 12.1 Å². The largest absolute Gasteiger partial charge is 0.497 e. The van der Waals surface area contributed by atoms with E-state index in [0.29, 0.717) is 6.04 Å². The summed E-state index contributed by atoms with van der Waals surface area (Å²) in [5, 5.41) is 0. The summed E-state index contributed by atoms with van der Waals surface area (Å²) in [4.78, 5) is 2.15. The van der Waals surface area contributed by atoms with Crippen LogP contribution in [0.1, 0.15) is 11.6 Å². The fourth-order valence-electron chi connectivity index (χ4n) is 1.42. The molecule has 0 N–H and O–H groups in total. The number of nitrogens with zero attached hydrogens (tertiary/aromatic N) is 1. The second kappa shape index (κ2) is 5.27. The van der Waals surface area contributed by atoms with Crippen molar-refractivity contribution < 1.29 is 4.74 Å². The number of hydrogen-bond donors (Lipinski definition) is 1. The van der Waals surface area contributed by atoms with Gasteiger partial charge in [-0.15, -0.1) is 0 Å². The lowest BCUT2D eigenvalue weighted by Crippen LogP contribution is -2.21. The number of benzene rings is 1. The molecule has 1 aromatic carbocycles. The van der Waals surface area contributed by atoms with Gasteiger partial charge in [0.2, 0.25) is 0 Å². The zero-order valence-corrected chi connectivity index (χ0v) is 9.79. The van der Waals surface area contributed by atoms with E-state index >= 15 is 0 Å². The molecule has 0 aliphatic heterocycles. The maximum atomic E-state index is 5.19. The van der Waals surface area contributed by atoms with E-state index < -0.39 is 0 Å². The van der Waals surface area contributed by atoms with Crippen molar-refractivity contribution in [1.82, 2.24) is 4.90 Å². The van der Waals surface area contributed by atoms with Crippen molar-refractivity contribution >= 4 is 12.6 Å². The summed E-state index contributed by atoms with van der Waals surface area (Å²) in [6.45, 7) is 0. The first-order chi connectivity index (χ1) is 6.69. The van der Waals surface area contributed by atoms with Crippen LogP contribution < -0.4 is 4.74 Å². The molecule has 0 fully saturated rings. The standard InChI is InChI=1S/C11H17NOS/c1-12(2)11(8-14)9-5-4-6-10(7-9)13-3/h4-7,11,14H,8H2,1-3H3. The first-order valence-corrected chi connectivity index (χ1v) is 5.23. The maximum absolute atomic E-state index is 5.19. The van der Waals surface area contributed by atoms with Gasteiger partial charge in [0.15, 0.2) is 0 Å². The van der Waals surface area contributed by atoms with Crippen LogP contribution in [0.4, 0.5) is 0 Å². The molecule has 0 heterocycles. The van der Waals surface area contributed by atoms with Gasteiger partial charge in [-0.3, -0.25) is 0 Å². The van der Waals surface area contributed by atoms with E-state index in [4.69, 9.17) is 4.74 Å². The summed E-state index contributed by atoms with van der Waals surface area (Å²) in [6, 6.07) is 8.46. The molecule has 1 aromatic rings. The molecule has 0 aliphatic carbocycles. The second-order valence-electron chi connectivity index (χ2n) is 3.44. The van der Waals surface area contributed by atoms with Crippen LogP contribution in [0.15, 0.2) is 24.3 Å². The van der Waals surface area contributed by atoms with E-state index in [0.717, 1.165) is 11.5 Å². The van der Waals surface area contributed by atoms with Crippen molar-refractivity contribution in [2.75, 3.05) is 27.0 Å². The van der Waals surface area contributed by atoms with Crippen LogP contribution in [-0.2, 0) is 0 Å². The summed E-state index contributed by atoms with van der Waals surface area (Å²) in [7, 11) is 5.80. The molecule has 0 radical (unpaired) electrons. The van der Waals surface area contributed by atoms with Gasteiger partial charge in [-0.2, -0.15) is 12.6 Å². The highest BCUT2D eigenvalue weighted by molar-refractivity contribution is 7.80. The average Bonchev–Trinajstić information content (AvgIpc) is 2.19. The van der Waals surface area contributed by atoms with Gasteiger partial charge in [0.05, 0.1) is 7.11 Å². The lowest BCUT2D eigenvalue weighted by atomic mass is 10.1. The molecule has 0 aliphatic rings. The van der Waals surface area contributed by atoms with Gasteiger partial charge in [0.1, 0.15) is 5.75 Å². The number of thiol groups is 1. The predicted molar refractivity (Wildman–Crippen MR) is 63.3 cm³/mol. The van der Waals surface area contributed by atoms with Gasteiger partial charge < -0.3 is 9.64 Å². The minimum absolute atomic E-state index is 0.341. The van der Waals surface area contributed by atoms with Crippen molar-refractivity contribution in [3.63, 3.8) is 0 Å². The Labute approximate surface area is 91.3 Å². The second-order valence-corrected chi connectivity index (χ2v) is 3.80. The van der Waals surface area contributed by atoms with E-state index in [1.165, 1.54) is 5.56 Å². The van der Waals surface area contributed by atoms with Crippen LogP contribution in [0.25, 0.3) is 0 Å². The molecule has 1 atom stereocenters. The average molecular weight is 211 g/mol.